The van der Waals surface area contributed by atoms with Crippen LogP contribution in [-0.2, 0) is 4.79 Å². The molecule has 1 rings (SSSR count). The summed E-state index contributed by atoms with van der Waals surface area (Å²) in [7, 11) is 3.49. The second kappa shape index (κ2) is 6.36. The average Bonchev–Trinajstić information content (AvgIpc) is 2.33. The van der Waals surface area contributed by atoms with Crippen molar-refractivity contribution in [1.82, 2.24) is 14.9 Å². The Morgan fingerprint density at radius 3 is 2.53 bits per heavy atom. The summed E-state index contributed by atoms with van der Waals surface area (Å²) in [5.74, 6) is 2.20. The van der Waals surface area contributed by atoms with Gasteiger partial charge in [0.15, 0.2) is 0 Å². The molecule has 0 spiro atoms. The molecule has 0 aromatic carbocycles. The molecule has 0 atom stereocenters. The standard InChI is InChI=1S/C13H23N5O/c1-8(2)12-16-11(14)9(3)13(17-12)15-7-6-10(19)18(4)5/h8H,6-7H2,1-5H3,(H3,14,15,16,17). The van der Waals surface area contributed by atoms with Gasteiger partial charge in [0, 0.05) is 38.5 Å². The van der Waals surface area contributed by atoms with E-state index in [1.165, 1.54) is 0 Å². The van der Waals surface area contributed by atoms with E-state index < -0.39 is 0 Å². The van der Waals surface area contributed by atoms with E-state index in [4.69, 9.17) is 5.73 Å². The SMILES string of the molecule is Cc1c(N)nc(C(C)C)nc1NCCC(=O)N(C)C. The monoisotopic (exact) mass is 265 g/mol. The average molecular weight is 265 g/mol. The third-order valence-electron chi connectivity index (χ3n) is 2.85. The number of hydrogen-bond acceptors (Lipinski definition) is 5. The highest BCUT2D eigenvalue weighted by Gasteiger charge is 2.11. The molecular formula is C13H23N5O. The molecule has 6 nitrogen and oxygen atoms in total. The van der Waals surface area contributed by atoms with Crippen molar-refractivity contribution in [3.05, 3.63) is 11.4 Å². The molecule has 19 heavy (non-hydrogen) atoms. The first-order valence-corrected chi connectivity index (χ1v) is 6.41. The largest absolute Gasteiger partial charge is 0.383 e. The van der Waals surface area contributed by atoms with Crippen LogP contribution in [-0.4, -0.2) is 41.4 Å². The number of carbonyl (C=O) groups excluding carboxylic acids is 1. The van der Waals surface area contributed by atoms with Crippen LogP contribution < -0.4 is 11.1 Å². The number of nitrogens with one attached hydrogen (secondary N) is 1. The fourth-order valence-electron chi connectivity index (χ4n) is 1.49. The van der Waals surface area contributed by atoms with Crippen molar-refractivity contribution in [1.29, 1.82) is 0 Å². The summed E-state index contributed by atoms with van der Waals surface area (Å²) in [6, 6.07) is 0. The first kappa shape index (κ1) is 15.2. The number of hydrogen-bond donors (Lipinski definition) is 2. The van der Waals surface area contributed by atoms with Gasteiger partial charge in [0.1, 0.15) is 17.5 Å². The molecule has 1 amide bonds. The first-order valence-electron chi connectivity index (χ1n) is 6.41. The van der Waals surface area contributed by atoms with Crippen molar-refractivity contribution >= 4 is 17.5 Å². The van der Waals surface area contributed by atoms with Crippen LogP contribution in [0.3, 0.4) is 0 Å². The number of rotatable bonds is 5. The minimum atomic E-state index is 0.0799. The molecule has 0 fully saturated rings. The fraction of sp³-hybridized carbons (Fsp3) is 0.615. The van der Waals surface area contributed by atoms with E-state index in [-0.39, 0.29) is 11.8 Å². The summed E-state index contributed by atoms with van der Waals surface area (Å²) in [5.41, 5.74) is 6.69. The van der Waals surface area contributed by atoms with Gasteiger partial charge in [-0.05, 0) is 6.92 Å². The summed E-state index contributed by atoms with van der Waals surface area (Å²) < 4.78 is 0. The molecule has 106 valence electrons. The number of nitrogen functional groups attached to an aromatic ring is 1. The number of anilines is 2. The topological polar surface area (TPSA) is 84.1 Å². The van der Waals surface area contributed by atoms with E-state index in [9.17, 15) is 4.79 Å². The Morgan fingerprint density at radius 2 is 2.00 bits per heavy atom. The van der Waals surface area contributed by atoms with Gasteiger partial charge in [-0.1, -0.05) is 13.8 Å². The predicted molar refractivity (Wildman–Crippen MR) is 77.1 cm³/mol. The fourth-order valence-corrected chi connectivity index (χ4v) is 1.49. The zero-order chi connectivity index (χ0) is 14.6. The van der Waals surface area contributed by atoms with Gasteiger partial charge >= 0.3 is 0 Å². The first-order chi connectivity index (χ1) is 8.82. The molecule has 0 saturated heterocycles. The zero-order valence-electron chi connectivity index (χ0n) is 12.3. The van der Waals surface area contributed by atoms with Crippen molar-refractivity contribution < 1.29 is 4.79 Å². The summed E-state index contributed by atoms with van der Waals surface area (Å²) in [5, 5.41) is 3.16. The number of nitrogens with zero attached hydrogens (tertiary/aromatic N) is 3. The Bertz CT molecular complexity index is 457. The summed E-state index contributed by atoms with van der Waals surface area (Å²) >= 11 is 0. The minimum absolute atomic E-state index is 0.0799. The quantitative estimate of drug-likeness (QED) is 0.840. The van der Waals surface area contributed by atoms with Crippen LogP contribution >= 0.6 is 0 Å². The molecule has 0 unspecified atom stereocenters. The lowest BCUT2D eigenvalue weighted by Crippen LogP contribution is -2.24. The Labute approximate surface area is 114 Å². The van der Waals surface area contributed by atoms with E-state index in [0.29, 0.717) is 30.4 Å². The van der Waals surface area contributed by atoms with Crippen LogP contribution in [0.5, 0.6) is 0 Å². The number of amides is 1. The molecule has 0 bridgehead atoms. The van der Waals surface area contributed by atoms with E-state index in [0.717, 1.165) is 5.56 Å². The molecule has 0 aliphatic rings. The van der Waals surface area contributed by atoms with E-state index in [2.05, 4.69) is 15.3 Å². The molecule has 1 heterocycles. The maximum Gasteiger partial charge on any atom is 0.223 e. The van der Waals surface area contributed by atoms with E-state index >= 15 is 0 Å². The molecular weight excluding hydrogens is 242 g/mol. The number of aromatic nitrogens is 2. The van der Waals surface area contributed by atoms with Gasteiger partial charge in [-0.3, -0.25) is 4.79 Å². The van der Waals surface area contributed by atoms with Gasteiger partial charge < -0.3 is 16.0 Å². The van der Waals surface area contributed by atoms with Gasteiger partial charge in [0.2, 0.25) is 5.91 Å². The van der Waals surface area contributed by atoms with Gasteiger partial charge in [-0.2, -0.15) is 0 Å². The van der Waals surface area contributed by atoms with Crippen LogP contribution in [0.25, 0.3) is 0 Å². The van der Waals surface area contributed by atoms with Crippen LogP contribution in [0.15, 0.2) is 0 Å². The molecule has 1 aromatic heterocycles. The van der Waals surface area contributed by atoms with Crippen molar-refractivity contribution in [2.75, 3.05) is 31.7 Å². The van der Waals surface area contributed by atoms with Crippen LogP contribution in [0.4, 0.5) is 11.6 Å². The van der Waals surface area contributed by atoms with E-state index in [1.807, 2.05) is 20.8 Å². The third kappa shape index (κ3) is 4.08. The summed E-state index contributed by atoms with van der Waals surface area (Å²) in [6.07, 6.45) is 0.424. The Balaban J connectivity index is 2.75. The number of carbonyl (C=O) groups is 1. The minimum Gasteiger partial charge on any atom is -0.383 e. The molecule has 1 aromatic rings. The van der Waals surface area contributed by atoms with E-state index in [1.54, 1.807) is 19.0 Å². The second-order valence-electron chi connectivity index (χ2n) is 5.06. The maximum atomic E-state index is 11.5. The maximum absolute atomic E-state index is 11.5. The Kier molecular flexibility index (Phi) is 5.09. The van der Waals surface area contributed by atoms with Gasteiger partial charge in [-0.15, -0.1) is 0 Å². The molecule has 3 N–H and O–H groups in total. The second-order valence-corrected chi connectivity index (χ2v) is 5.06. The highest BCUT2D eigenvalue weighted by molar-refractivity contribution is 5.76. The third-order valence-corrected chi connectivity index (χ3v) is 2.85. The lowest BCUT2D eigenvalue weighted by atomic mass is 10.2. The Hall–Kier alpha value is -1.85. The predicted octanol–water partition coefficient (Wildman–Crippen LogP) is 1.38. The lowest BCUT2D eigenvalue weighted by molar-refractivity contribution is -0.128. The van der Waals surface area contributed by atoms with Crippen LogP contribution in [0.2, 0.25) is 0 Å². The van der Waals surface area contributed by atoms with Crippen molar-refractivity contribution in [3.63, 3.8) is 0 Å². The Morgan fingerprint density at radius 1 is 1.37 bits per heavy atom. The lowest BCUT2D eigenvalue weighted by Gasteiger charge is -2.14. The molecule has 0 radical (unpaired) electrons. The molecule has 0 aliphatic carbocycles. The smallest absolute Gasteiger partial charge is 0.223 e. The number of nitrogens with two attached hydrogens (primary N) is 1. The zero-order valence-corrected chi connectivity index (χ0v) is 12.3. The summed E-state index contributed by atoms with van der Waals surface area (Å²) in [6.45, 7) is 6.44. The highest BCUT2D eigenvalue weighted by atomic mass is 16.2. The van der Waals surface area contributed by atoms with Crippen LogP contribution in [0, 0.1) is 6.92 Å². The molecule has 6 heteroatoms. The van der Waals surface area contributed by atoms with Crippen molar-refractivity contribution in [2.24, 2.45) is 0 Å². The normalized spacial score (nSPS) is 10.6. The highest BCUT2D eigenvalue weighted by Crippen LogP contribution is 2.20. The molecule has 0 saturated carbocycles. The molecule has 0 aliphatic heterocycles. The van der Waals surface area contributed by atoms with Crippen LogP contribution in [0.1, 0.15) is 37.6 Å². The van der Waals surface area contributed by atoms with Gasteiger partial charge in [0.05, 0.1) is 0 Å². The van der Waals surface area contributed by atoms with Crippen molar-refractivity contribution in [3.8, 4) is 0 Å². The van der Waals surface area contributed by atoms with Crippen molar-refractivity contribution in [2.45, 2.75) is 33.1 Å². The van der Waals surface area contributed by atoms with Gasteiger partial charge in [-0.25, -0.2) is 9.97 Å². The van der Waals surface area contributed by atoms with Gasteiger partial charge in [0.25, 0.3) is 0 Å². The summed E-state index contributed by atoms with van der Waals surface area (Å²) in [4.78, 5) is 21.8.